The first-order chi connectivity index (χ1) is 16.1. The molecule has 0 bridgehead atoms. The van der Waals surface area contributed by atoms with E-state index in [0.717, 1.165) is 37.1 Å². The Kier molecular flexibility index (Phi) is 5.89. The molecule has 5 aromatic rings. The third-order valence-electron chi connectivity index (χ3n) is 5.87. The van der Waals surface area contributed by atoms with Gasteiger partial charge in [0.15, 0.2) is 0 Å². The van der Waals surface area contributed by atoms with Crippen molar-refractivity contribution in [2.45, 2.75) is 25.4 Å². The number of hydrogen-bond acceptors (Lipinski definition) is 3. The minimum atomic E-state index is -0.651. The molecular formula is C28H25IN4. The van der Waals surface area contributed by atoms with Gasteiger partial charge in [0.25, 0.3) is 0 Å². The summed E-state index contributed by atoms with van der Waals surface area (Å²) >= 11 is 2.34. The molecule has 2 heterocycles. The van der Waals surface area contributed by atoms with E-state index in [1.807, 2.05) is 6.20 Å². The lowest BCUT2D eigenvalue weighted by atomic mass is 9.77. The van der Waals surface area contributed by atoms with Crippen LogP contribution < -0.4 is 5.32 Å². The Hall–Kier alpha value is -3.19. The first kappa shape index (κ1) is 21.6. The van der Waals surface area contributed by atoms with Gasteiger partial charge in [-0.15, -0.1) is 0 Å². The SMILES string of the molecule is CC(C)Nc1nccc2c1c(I)nn2C(c1ccccc1)(c1ccccc1)c1ccccc1. The molecule has 4 nitrogen and oxygen atoms in total. The number of nitrogens with one attached hydrogen (secondary N) is 1. The maximum atomic E-state index is 5.18. The minimum Gasteiger partial charge on any atom is -0.367 e. The zero-order valence-corrected chi connectivity index (χ0v) is 20.8. The van der Waals surface area contributed by atoms with Gasteiger partial charge in [-0.25, -0.2) is 9.67 Å². The molecule has 0 aliphatic heterocycles. The van der Waals surface area contributed by atoms with Crippen LogP contribution in [0.2, 0.25) is 0 Å². The van der Waals surface area contributed by atoms with E-state index in [9.17, 15) is 0 Å². The summed E-state index contributed by atoms with van der Waals surface area (Å²) < 4.78 is 3.10. The fraction of sp³-hybridized carbons (Fsp3) is 0.143. The van der Waals surface area contributed by atoms with Gasteiger partial charge in [0.1, 0.15) is 15.1 Å². The van der Waals surface area contributed by atoms with Gasteiger partial charge in [0.2, 0.25) is 0 Å². The number of hydrogen-bond donors (Lipinski definition) is 1. The van der Waals surface area contributed by atoms with Gasteiger partial charge >= 0.3 is 0 Å². The zero-order valence-electron chi connectivity index (χ0n) is 18.6. The molecule has 33 heavy (non-hydrogen) atoms. The predicted molar refractivity (Wildman–Crippen MR) is 144 cm³/mol. The minimum absolute atomic E-state index is 0.268. The van der Waals surface area contributed by atoms with E-state index in [4.69, 9.17) is 5.10 Å². The highest BCUT2D eigenvalue weighted by molar-refractivity contribution is 14.1. The Balaban J connectivity index is 1.94. The number of benzene rings is 3. The Morgan fingerprint density at radius 1 is 0.758 bits per heavy atom. The highest BCUT2D eigenvalue weighted by atomic mass is 127. The van der Waals surface area contributed by atoms with E-state index in [1.54, 1.807) is 0 Å². The smallest absolute Gasteiger partial charge is 0.138 e. The van der Waals surface area contributed by atoms with Gasteiger partial charge in [-0.05, 0) is 59.2 Å². The Labute approximate surface area is 207 Å². The fourth-order valence-electron chi connectivity index (χ4n) is 4.57. The molecule has 3 aromatic carbocycles. The Bertz CT molecular complexity index is 1270. The molecule has 0 amide bonds. The summed E-state index contributed by atoms with van der Waals surface area (Å²) in [6, 6.07) is 34.2. The van der Waals surface area contributed by atoms with Crippen LogP contribution in [0.15, 0.2) is 103 Å². The molecule has 1 N–H and O–H groups in total. The summed E-state index contributed by atoms with van der Waals surface area (Å²) in [6.45, 7) is 4.25. The van der Waals surface area contributed by atoms with E-state index >= 15 is 0 Å². The summed E-state index contributed by atoms with van der Waals surface area (Å²) in [7, 11) is 0. The zero-order chi connectivity index (χ0) is 22.8. The molecule has 5 rings (SSSR count). The van der Waals surface area contributed by atoms with Crippen LogP contribution in [-0.4, -0.2) is 20.8 Å². The number of rotatable bonds is 6. The van der Waals surface area contributed by atoms with Crippen molar-refractivity contribution in [1.82, 2.24) is 14.8 Å². The normalized spacial score (nSPS) is 11.8. The van der Waals surface area contributed by atoms with Crippen LogP contribution in [0.1, 0.15) is 30.5 Å². The van der Waals surface area contributed by atoms with Crippen molar-refractivity contribution in [3.05, 3.63) is 124 Å². The number of halogens is 1. The maximum Gasteiger partial charge on any atom is 0.138 e. The molecule has 5 heteroatoms. The van der Waals surface area contributed by atoms with Crippen molar-refractivity contribution < 1.29 is 0 Å². The molecule has 0 aliphatic carbocycles. The first-order valence-corrected chi connectivity index (χ1v) is 12.2. The number of nitrogens with zero attached hydrogens (tertiary/aromatic N) is 3. The molecular weight excluding hydrogens is 519 g/mol. The number of anilines is 1. The largest absolute Gasteiger partial charge is 0.367 e. The second-order valence-corrected chi connectivity index (χ2v) is 9.39. The van der Waals surface area contributed by atoms with E-state index < -0.39 is 5.54 Å². The summed E-state index contributed by atoms with van der Waals surface area (Å²) in [5.41, 5.74) is 3.84. The van der Waals surface area contributed by atoms with Crippen molar-refractivity contribution in [1.29, 1.82) is 0 Å². The third-order valence-corrected chi connectivity index (χ3v) is 6.62. The highest BCUT2D eigenvalue weighted by Crippen LogP contribution is 2.43. The van der Waals surface area contributed by atoms with E-state index in [2.05, 4.69) is 148 Å². The van der Waals surface area contributed by atoms with Gasteiger partial charge in [0.05, 0.1) is 10.9 Å². The van der Waals surface area contributed by atoms with Crippen molar-refractivity contribution in [3.63, 3.8) is 0 Å². The Morgan fingerprint density at radius 3 is 1.70 bits per heavy atom. The second-order valence-electron chi connectivity index (χ2n) is 8.36. The van der Waals surface area contributed by atoms with E-state index in [-0.39, 0.29) is 6.04 Å². The molecule has 0 fully saturated rings. The van der Waals surface area contributed by atoms with Crippen LogP contribution in [0.3, 0.4) is 0 Å². The van der Waals surface area contributed by atoms with Crippen LogP contribution in [0.25, 0.3) is 10.9 Å². The molecule has 2 aromatic heterocycles. The molecule has 0 spiro atoms. The van der Waals surface area contributed by atoms with Crippen LogP contribution in [0, 0.1) is 3.70 Å². The average Bonchev–Trinajstić information content (AvgIpc) is 3.19. The standard InChI is InChI=1S/C28H25IN4/c1-20(2)31-27-25-24(18-19-30-27)33(32-26(25)29)28(21-12-6-3-7-13-21,22-14-8-4-9-15-22)23-16-10-5-11-17-23/h3-20H,1-2H3,(H,30,31). The molecule has 0 atom stereocenters. The van der Waals surface area contributed by atoms with E-state index in [1.165, 1.54) is 0 Å². The van der Waals surface area contributed by atoms with Crippen LogP contribution in [0.5, 0.6) is 0 Å². The molecule has 0 unspecified atom stereocenters. The maximum absolute atomic E-state index is 5.18. The number of aromatic nitrogens is 3. The van der Waals surface area contributed by atoms with Gasteiger partial charge in [-0.2, -0.15) is 5.10 Å². The summed E-state index contributed by atoms with van der Waals surface area (Å²) in [5.74, 6) is 0.862. The lowest BCUT2D eigenvalue weighted by Crippen LogP contribution is -2.38. The third kappa shape index (κ3) is 3.70. The van der Waals surface area contributed by atoms with Gasteiger partial charge < -0.3 is 5.32 Å². The van der Waals surface area contributed by atoms with Gasteiger partial charge in [-0.3, -0.25) is 0 Å². The highest BCUT2D eigenvalue weighted by Gasteiger charge is 2.41. The van der Waals surface area contributed by atoms with Gasteiger partial charge in [-0.1, -0.05) is 91.0 Å². The average molecular weight is 544 g/mol. The number of fused-ring (bicyclic) bond motifs is 1. The fourth-order valence-corrected chi connectivity index (χ4v) is 5.31. The molecule has 0 saturated carbocycles. The van der Waals surface area contributed by atoms with Crippen LogP contribution in [-0.2, 0) is 5.54 Å². The topological polar surface area (TPSA) is 42.7 Å². The number of pyridine rings is 1. The summed E-state index contributed by atoms with van der Waals surface area (Å²) in [6.07, 6.45) is 1.87. The molecule has 0 saturated heterocycles. The van der Waals surface area contributed by atoms with Crippen molar-refractivity contribution >= 4 is 39.3 Å². The lowest BCUT2D eigenvalue weighted by molar-refractivity contribution is 0.473. The summed E-state index contributed by atoms with van der Waals surface area (Å²) in [5, 5.41) is 9.73. The van der Waals surface area contributed by atoms with Gasteiger partial charge in [0, 0.05) is 12.2 Å². The molecule has 0 aliphatic rings. The van der Waals surface area contributed by atoms with Crippen molar-refractivity contribution in [2.75, 3.05) is 5.32 Å². The summed E-state index contributed by atoms with van der Waals surface area (Å²) in [4.78, 5) is 4.65. The second kappa shape index (κ2) is 8.98. The van der Waals surface area contributed by atoms with Crippen LogP contribution >= 0.6 is 22.6 Å². The predicted octanol–water partition coefficient (Wildman–Crippen LogP) is 6.70. The van der Waals surface area contributed by atoms with Crippen molar-refractivity contribution in [3.8, 4) is 0 Å². The first-order valence-electron chi connectivity index (χ1n) is 11.1. The molecule has 0 radical (unpaired) electrons. The van der Waals surface area contributed by atoms with Crippen molar-refractivity contribution in [2.24, 2.45) is 0 Å². The quantitative estimate of drug-likeness (QED) is 0.191. The lowest BCUT2D eigenvalue weighted by Gasteiger charge is -2.37. The monoisotopic (exact) mass is 544 g/mol. The molecule has 164 valence electrons. The van der Waals surface area contributed by atoms with Crippen LogP contribution in [0.4, 0.5) is 5.82 Å². The van der Waals surface area contributed by atoms with E-state index in [0.29, 0.717) is 0 Å². The Morgan fingerprint density at radius 2 is 1.24 bits per heavy atom.